The van der Waals surface area contributed by atoms with Crippen molar-refractivity contribution >= 4 is 5.71 Å². The minimum atomic E-state index is -0.127. The minimum absolute atomic E-state index is 0.127. The van der Waals surface area contributed by atoms with Gasteiger partial charge in [0.2, 0.25) is 11.7 Å². The van der Waals surface area contributed by atoms with Crippen LogP contribution in [0.5, 0.6) is 5.88 Å². The number of rotatable bonds is 4. The van der Waals surface area contributed by atoms with Gasteiger partial charge in [0.25, 0.3) is 5.89 Å². The Morgan fingerprint density at radius 3 is 2.88 bits per heavy atom. The molecule has 0 bridgehead atoms. The molecular weight excluding hydrogens is 308 g/mol. The average Bonchev–Trinajstić information content (AvgIpc) is 3.32. The molecule has 7 heteroatoms. The summed E-state index contributed by atoms with van der Waals surface area (Å²) in [5.74, 6) is 1.31. The summed E-state index contributed by atoms with van der Waals surface area (Å²) >= 11 is 0. The lowest BCUT2D eigenvalue weighted by Crippen LogP contribution is -2.01. The van der Waals surface area contributed by atoms with Crippen molar-refractivity contribution < 1.29 is 14.1 Å². The van der Waals surface area contributed by atoms with Crippen LogP contribution in [0.2, 0.25) is 0 Å². The molecule has 0 radical (unpaired) electrons. The molecule has 120 valence electrons. The summed E-state index contributed by atoms with van der Waals surface area (Å²) in [6, 6.07) is 13.5. The molecule has 0 saturated heterocycles. The van der Waals surface area contributed by atoms with Crippen LogP contribution in [0.15, 0.2) is 58.3 Å². The molecule has 7 nitrogen and oxygen atoms in total. The van der Waals surface area contributed by atoms with E-state index in [1.165, 1.54) is 0 Å². The van der Waals surface area contributed by atoms with Crippen LogP contribution in [0.3, 0.4) is 0 Å². The SMILES string of the molecule is COc1cc(-c2noc(C3=NO[C@H](c4ccccc4)C3)n2)ccn1. The zero-order valence-corrected chi connectivity index (χ0v) is 12.9. The second kappa shape index (κ2) is 6.11. The largest absolute Gasteiger partial charge is 0.481 e. The number of benzene rings is 1. The van der Waals surface area contributed by atoms with Crippen molar-refractivity contribution in [2.75, 3.05) is 7.11 Å². The minimum Gasteiger partial charge on any atom is -0.481 e. The van der Waals surface area contributed by atoms with Crippen LogP contribution < -0.4 is 4.74 Å². The maximum atomic E-state index is 5.49. The molecule has 0 aliphatic carbocycles. The standard InChI is InChI=1S/C17H14N4O3/c1-22-15-9-12(7-8-18-15)16-19-17(24-21-16)13-10-14(23-20-13)11-5-3-2-4-6-11/h2-9,14H,10H2,1H3/t14-/m0/s1. The highest BCUT2D eigenvalue weighted by molar-refractivity contribution is 5.97. The van der Waals surface area contributed by atoms with Gasteiger partial charge in [-0.2, -0.15) is 4.98 Å². The summed E-state index contributed by atoms with van der Waals surface area (Å²) in [5, 5.41) is 8.09. The van der Waals surface area contributed by atoms with E-state index in [1.54, 1.807) is 25.4 Å². The van der Waals surface area contributed by atoms with Gasteiger partial charge >= 0.3 is 0 Å². The van der Waals surface area contributed by atoms with E-state index in [0.717, 1.165) is 11.1 Å². The highest BCUT2D eigenvalue weighted by Gasteiger charge is 2.27. The summed E-state index contributed by atoms with van der Waals surface area (Å²) in [4.78, 5) is 13.9. The molecule has 0 unspecified atom stereocenters. The van der Waals surface area contributed by atoms with E-state index in [2.05, 4.69) is 20.3 Å². The van der Waals surface area contributed by atoms with E-state index in [4.69, 9.17) is 14.1 Å². The first-order chi connectivity index (χ1) is 11.8. The van der Waals surface area contributed by atoms with Gasteiger partial charge in [-0.3, -0.25) is 0 Å². The Morgan fingerprint density at radius 2 is 2.04 bits per heavy atom. The van der Waals surface area contributed by atoms with Crippen molar-refractivity contribution in [2.45, 2.75) is 12.5 Å². The van der Waals surface area contributed by atoms with Crippen molar-refractivity contribution in [3.63, 3.8) is 0 Å². The predicted octanol–water partition coefficient (Wildman–Crippen LogP) is 3.01. The van der Waals surface area contributed by atoms with Crippen molar-refractivity contribution in [3.05, 3.63) is 60.1 Å². The van der Waals surface area contributed by atoms with Crippen LogP contribution in [0, 0.1) is 0 Å². The van der Waals surface area contributed by atoms with Gasteiger partial charge in [-0.15, -0.1) is 0 Å². The second-order valence-corrected chi connectivity index (χ2v) is 5.26. The topological polar surface area (TPSA) is 82.6 Å². The number of aromatic nitrogens is 3. The fourth-order valence-electron chi connectivity index (χ4n) is 2.47. The Hall–Kier alpha value is -3.22. The average molecular weight is 322 g/mol. The van der Waals surface area contributed by atoms with E-state index in [0.29, 0.717) is 29.7 Å². The molecule has 0 amide bonds. The van der Waals surface area contributed by atoms with Gasteiger partial charge in [-0.1, -0.05) is 40.6 Å². The van der Waals surface area contributed by atoms with Crippen LogP contribution in [0.25, 0.3) is 11.4 Å². The molecule has 1 atom stereocenters. The number of nitrogens with zero attached hydrogens (tertiary/aromatic N) is 4. The molecule has 2 aromatic heterocycles. The molecule has 3 aromatic rings. The zero-order chi connectivity index (χ0) is 16.4. The molecule has 0 fully saturated rings. The molecule has 1 aliphatic rings. The van der Waals surface area contributed by atoms with Gasteiger partial charge in [-0.25, -0.2) is 4.98 Å². The Balaban J connectivity index is 1.53. The Labute approximate surface area is 137 Å². The Bertz CT molecular complexity index is 876. The van der Waals surface area contributed by atoms with Gasteiger partial charge < -0.3 is 14.1 Å². The summed E-state index contributed by atoms with van der Waals surface area (Å²) in [6.07, 6.45) is 2.09. The third kappa shape index (κ3) is 2.71. The molecule has 0 spiro atoms. The molecule has 24 heavy (non-hydrogen) atoms. The van der Waals surface area contributed by atoms with Gasteiger partial charge in [-0.05, 0) is 11.6 Å². The van der Waals surface area contributed by atoms with E-state index in [-0.39, 0.29) is 6.10 Å². The lowest BCUT2D eigenvalue weighted by atomic mass is 10.0. The van der Waals surface area contributed by atoms with Crippen molar-refractivity contribution in [3.8, 4) is 17.3 Å². The molecule has 3 heterocycles. The molecule has 0 N–H and O–H groups in total. The van der Waals surface area contributed by atoms with Gasteiger partial charge in [0, 0.05) is 24.2 Å². The first-order valence-electron chi connectivity index (χ1n) is 7.45. The van der Waals surface area contributed by atoms with Crippen LogP contribution in [0.1, 0.15) is 24.0 Å². The summed E-state index contributed by atoms with van der Waals surface area (Å²) in [5.41, 5.74) is 2.47. The molecule has 4 rings (SSSR count). The maximum absolute atomic E-state index is 5.49. The van der Waals surface area contributed by atoms with Crippen LogP contribution in [0.4, 0.5) is 0 Å². The summed E-state index contributed by atoms with van der Waals surface area (Å²) in [7, 11) is 1.56. The molecule has 1 aliphatic heterocycles. The van der Waals surface area contributed by atoms with Crippen molar-refractivity contribution in [1.82, 2.24) is 15.1 Å². The fraction of sp³-hybridized carbons (Fsp3) is 0.176. The number of hydrogen-bond donors (Lipinski definition) is 0. The summed E-state index contributed by atoms with van der Waals surface area (Å²) in [6.45, 7) is 0. The van der Waals surface area contributed by atoms with Gasteiger partial charge in [0.15, 0.2) is 6.10 Å². The maximum Gasteiger partial charge on any atom is 0.276 e. The predicted molar refractivity (Wildman–Crippen MR) is 85.5 cm³/mol. The number of ether oxygens (including phenoxy) is 1. The Kier molecular flexibility index (Phi) is 3.66. The zero-order valence-electron chi connectivity index (χ0n) is 12.9. The first-order valence-corrected chi connectivity index (χ1v) is 7.45. The number of pyridine rings is 1. The number of oxime groups is 1. The molecule has 1 aromatic carbocycles. The number of methoxy groups -OCH3 is 1. The molecule has 0 saturated carbocycles. The highest BCUT2D eigenvalue weighted by Crippen LogP contribution is 2.29. The Morgan fingerprint density at radius 1 is 1.17 bits per heavy atom. The van der Waals surface area contributed by atoms with Crippen molar-refractivity contribution in [2.24, 2.45) is 5.16 Å². The lowest BCUT2D eigenvalue weighted by Gasteiger charge is -2.06. The van der Waals surface area contributed by atoms with Crippen LogP contribution in [-0.4, -0.2) is 27.9 Å². The normalized spacial score (nSPS) is 16.5. The smallest absolute Gasteiger partial charge is 0.276 e. The van der Waals surface area contributed by atoms with E-state index in [9.17, 15) is 0 Å². The monoisotopic (exact) mass is 322 g/mol. The van der Waals surface area contributed by atoms with E-state index in [1.807, 2.05) is 30.3 Å². The molecular formula is C17H14N4O3. The summed E-state index contributed by atoms with van der Waals surface area (Å²) < 4.78 is 10.4. The quantitative estimate of drug-likeness (QED) is 0.734. The van der Waals surface area contributed by atoms with Gasteiger partial charge in [0.1, 0.15) is 5.71 Å². The van der Waals surface area contributed by atoms with Crippen LogP contribution >= 0.6 is 0 Å². The third-order valence-corrected chi connectivity index (χ3v) is 3.72. The van der Waals surface area contributed by atoms with Crippen molar-refractivity contribution in [1.29, 1.82) is 0 Å². The third-order valence-electron chi connectivity index (χ3n) is 3.72. The fourth-order valence-corrected chi connectivity index (χ4v) is 2.47. The van der Waals surface area contributed by atoms with Crippen LogP contribution in [-0.2, 0) is 4.84 Å². The van der Waals surface area contributed by atoms with Gasteiger partial charge in [0.05, 0.1) is 7.11 Å². The first kappa shape index (κ1) is 14.4. The highest BCUT2D eigenvalue weighted by atomic mass is 16.6. The second-order valence-electron chi connectivity index (χ2n) is 5.26. The van der Waals surface area contributed by atoms with E-state index >= 15 is 0 Å². The van der Waals surface area contributed by atoms with E-state index < -0.39 is 0 Å². The lowest BCUT2D eigenvalue weighted by molar-refractivity contribution is 0.0857. The number of hydrogen-bond acceptors (Lipinski definition) is 7.